The quantitative estimate of drug-likeness (QED) is 0.449. The summed E-state index contributed by atoms with van der Waals surface area (Å²) in [6, 6.07) is 16.2. The van der Waals surface area contributed by atoms with E-state index in [0.717, 1.165) is 10.0 Å². The highest BCUT2D eigenvalue weighted by Crippen LogP contribution is 2.24. The lowest BCUT2D eigenvalue weighted by atomic mass is 9.91. The van der Waals surface area contributed by atoms with Crippen molar-refractivity contribution >= 4 is 21.7 Å². The summed E-state index contributed by atoms with van der Waals surface area (Å²) in [6.45, 7) is -0.250. The fourth-order valence-electron chi connectivity index (χ4n) is 2.17. The average Bonchev–Trinajstić information content (AvgIpc) is 2.48. The van der Waals surface area contributed by atoms with Gasteiger partial charge in [0.25, 0.3) is 0 Å². The number of Topliss-reactive ketones (excluding diaryl/α,β-unsaturated/α-hetero) is 1. The van der Waals surface area contributed by atoms with Crippen LogP contribution in [0.1, 0.15) is 28.3 Å². The van der Waals surface area contributed by atoms with Gasteiger partial charge < -0.3 is 0 Å². The number of carbonyl (C=O) groups excluding carboxylic acids is 1. The van der Waals surface area contributed by atoms with Gasteiger partial charge in [0.2, 0.25) is 6.54 Å². The Hall–Kier alpha value is -2.01. The highest BCUT2D eigenvalue weighted by Gasteiger charge is 2.22. The maximum absolute atomic E-state index is 12.2. The Labute approximate surface area is 131 Å². The van der Waals surface area contributed by atoms with Gasteiger partial charge in [0, 0.05) is 21.4 Å². The molecule has 0 spiro atoms. The van der Waals surface area contributed by atoms with Crippen LogP contribution in [0.15, 0.2) is 59.1 Å². The van der Waals surface area contributed by atoms with E-state index in [4.69, 9.17) is 0 Å². The van der Waals surface area contributed by atoms with Crippen molar-refractivity contribution in [3.05, 3.63) is 80.3 Å². The fourth-order valence-corrected chi connectivity index (χ4v) is 2.43. The molecule has 0 saturated heterocycles. The summed E-state index contributed by atoms with van der Waals surface area (Å²) in [6.07, 6.45) is 0.132. The van der Waals surface area contributed by atoms with Gasteiger partial charge in [0.05, 0.1) is 5.92 Å². The van der Waals surface area contributed by atoms with E-state index in [-0.39, 0.29) is 23.7 Å². The molecule has 0 N–H and O–H groups in total. The van der Waals surface area contributed by atoms with Gasteiger partial charge in [-0.1, -0.05) is 58.4 Å². The molecule has 4 nitrogen and oxygen atoms in total. The molecule has 0 bridgehead atoms. The number of nitro groups is 1. The largest absolute Gasteiger partial charge is 0.294 e. The first kappa shape index (κ1) is 15.4. The number of hydrogen-bond acceptors (Lipinski definition) is 3. The minimum absolute atomic E-state index is 0.0784. The summed E-state index contributed by atoms with van der Waals surface area (Å²) < 4.78 is 0.903. The monoisotopic (exact) mass is 347 g/mol. The summed E-state index contributed by atoms with van der Waals surface area (Å²) >= 11 is 3.33. The maximum Gasteiger partial charge on any atom is 0.211 e. The lowest BCUT2D eigenvalue weighted by molar-refractivity contribution is -0.483. The molecule has 0 aliphatic rings. The number of benzene rings is 2. The fraction of sp³-hybridized carbons (Fsp3) is 0.188. The van der Waals surface area contributed by atoms with Crippen LogP contribution in [0.2, 0.25) is 0 Å². The molecule has 0 saturated carbocycles. The van der Waals surface area contributed by atoms with Gasteiger partial charge in [-0.15, -0.1) is 0 Å². The Morgan fingerprint density at radius 1 is 1.10 bits per heavy atom. The van der Waals surface area contributed by atoms with E-state index in [0.29, 0.717) is 5.56 Å². The molecule has 1 unspecified atom stereocenters. The second kappa shape index (κ2) is 7.13. The maximum atomic E-state index is 12.2. The highest BCUT2D eigenvalue weighted by atomic mass is 79.9. The zero-order valence-corrected chi connectivity index (χ0v) is 12.8. The van der Waals surface area contributed by atoms with Gasteiger partial charge in [0.1, 0.15) is 0 Å². The molecule has 21 heavy (non-hydrogen) atoms. The molecule has 0 fully saturated rings. The van der Waals surface area contributed by atoms with Crippen LogP contribution >= 0.6 is 15.9 Å². The number of rotatable bonds is 6. The summed E-state index contributed by atoms with van der Waals surface area (Å²) in [5, 5.41) is 10.9. The van der Waals surface area contributed by atoms with Crippen LogP contribution in [0.25, 0.3) is 0 Å². The Morgan fingerprint density at radius 3 is 2.29 bits per heavy atom. The van der Waals surface area contributed by atoms with E-state index >= 15 is 0 Å². The van der Waals surface area contributed by atoms with Crippen molar-refractivity contribution in [3.8, 4) is 0 Å². The van der Waals surface area contributed by atoms with Crippen molar-refractivity contribution in [2.75, 3.05) is 6.54 Å². The molecular formula is C16H14BrNO3. The van der Waals surface area contributed by atoms with Crippen LogP contribution in [0.3, 0.4) is 0 Å². The molecule has 0 radical (unpaired) electrons. The molecule has 0 aliphatic heterocycles. The topological polar surface area (TPSA) is 60.2 Å². The molecule has 1 atom stereocenters. The second-order valence-electron chi connectivity index (χ2n) is 4.76. The molecule has 2 rings (SSSR count). The number of halogens is 1. The highest BCUT2D eigenvalue weighted by molar-refractivity contribution is 9.10. The molecule has 0 heterocycles. The van der Waals surface area contributed by atoms with E-state index in [2.05, 4.69) is 15.9 Å². The van der Waals surface area contributed by atoms with Gasteiger partial charge >= 0.3 is 0 Å². The van der Waals surface area contributed by atoms with E-state index in [9.17, 15) is 14.9 Å². The molecule has 0 aliphatic carbocycles. The lowest BCUT2D eigenvalue weighted by Crippen LogP contribution is -2.16. The van der Waals surface area contributed by atoms with Crippen LogP contribution in [-0.2, 0) is 0 Å². The first-order valence-electron chi connectivity index (χ1n) is 6.52. The number of nitrogens with zero attached hydrogens (tertiary/aromatic N) is 1. The minimum atomic E-state index is -0.416. The third-order valence-electron chi connectivity index (χ3n) is 3.24. The zero-order valence-electron chi connectivity index (χ0n) is 11.2. The van der Waals surface area contributed by atoms with Gasteiger partial charge in [-0.25, -0.2) is 0 Å². The standard InChI is InChI=1S/C16H14BrNO3/c17-15-8-6-12(7-9-15)14(11-18(20)21)10-16(19)13-4-2-1-3-5-13/h1-9,14H,10-11H2. The molecular weight excluding hydrogens is 334 g/mol. The normalized spacial score (nSPS) is 11.9. The predicted octanol–water partition coefficient (Wildman–Crippen LogP) is 4.08. The number of ketones is 1. The van der Waals surface area contributed by atoms with Gasteiger partial charge in [-0.3, -0.25) is 14.9 Å². The summed E-state index contributed by atoms with van der Waals surface area (Å²) in [5.74, 6) is -0.494. The Balaban J connectivity index is 2.18. The van der Waals surface area contributed by atoms with Crippen molar-refractivity contribution in [2.45, 2.75) is 12.3 Å². The molecule has 5 heteroatoms. The number of carbonyl (C=O) groups is 1. The minimum Gasteiger partial charge on any atom is -0.294 e. The molecule has 0 amide bonds. The third kappa shape index (κ3) is 4.49. The number of hydrogen-bond donors (Lipinski definition) is 0. The average molecular weight is 348 g/mol. The Bertz CT molecular complexity index is 626. The SMILES string of the molecule is O=C(CC(C[N+](=O)[O-])c1ccc(Br)cc1)c1ccccc1. The van der Waals surface area contributed by atoms with Crippen molar-refractivity contribution in [1.29, 1.82) is 0 Å². The Kier molecular flexibility index (Phi) is 5.22. The third-order valence-corrected chi connectivity index (χ3v) is 3.77. The molecule has 108 valence electrons. The second-order valence-corrected chi connectivity index (χ2v) is 5.67. The summed E-state index contributed by atoms with van der Waals surface area (Å²) in [4.78, 5) is 22.7. The lowest BCUT2D eigenvalue weighted by Gasteiger charge is -2.13. The van der Waals surface area contributed by atoms with Crippen LogP contribution < -0.4 is 0 Å². The van der Waals surface area contributed by atoms with Gasteiger partial charge in [0.15, 0.2) is 5.78 Å². The Morgan fingerprint density at radius 2 is 1.71 bits per heavy atom. The van der Waals surface area contributed by atoms with E-state index in [1.807, 2.05) is 30.3 Å². The molecule has 2 aromatic rings. The summed E-state index contributed by atoms with van der Waals surface area (Å²) in [5.41, 5.74) is 1.39. The first-order valence-corrected chi connectivity index (χ1v) is 7.31. The molecule has 0 aromatic heterocycles. The zero-order chi connectivity index (χ0) is 15.2. The van der Waals surface area contributed by atoms with Gasteiger partial charge in [-0.2, -0.15) is 0 Å². The van der Waals surface area contributed by atoms with E-state index in [1.165, 1.54) is 0 Å². The van der Waals surface area contributed by atoms with Crippen molar-refractivity contribution in [3.63, 3.8) is 0 Å². The van der Waals surface area contributed by atoms with Crippen LogP contribution in [0.4, 0.5) is 0 Å². The smallest absolute Gasteiger partial charge is 0.211 e. The van der Waals surface area contributed by atoms with Gasteiger partial charge in [-0.05, 0) is 17.7 Å². The first-order chi connectivity index (χ1) is 10.1. The molecule has 2 aromatic carbocycles. The van der Waals surface area contributed by atoms with Crippen molar-refractivity contribution in [2.24, 2.45) is 0 Å². The van der Waals surface area contributed by atoms with E-state index in [1.54, 1.807) is 24.3 Å². The van der Waals surface area contributed by atoms with Crippen molar-refractivity contribution in [1.82, 2.24) is 0 Å². The van der Waals surface area contributed by atoms with Crippen LogP contribution in [0.5, 0.6) is 0 Å². The van der Waals surface area contributed by atoms with Crippen molar-refractivity contribution < 1.29 is 9.72 Å². The van der Waals surface area contributed by atoms with E-state index < -0.39 is 5.92 Å². The summed E-state index contributed by atoms with van der Waals surface area (Å²) in [7, 11) is 0. The van der Waals surface area contributed by atoms with Crippen LogP contribution in [-0.4, -0.2) is 17.3 Å². The predicted molar refractivity (Wildman–Crippen MR) is 84.1 cm³/mol. The van der Waals surface area contributed by atoms with Crippen LogP contribution in [0, 0.1) is 10.1 Å².